The van der Waals surface area contributed by atoms with Crippen LogP contribution in [0.5, 0.6) is 11.5 Å². The molecule has 0 saturated heterocycles. The third-order valence-electron chi connectivity index (χ3n) is 7.56. The summed E-state index contributed by atoms with van der Waals surface area (Å²) in [5, 5.41) is 35.3. The van der Waals surface area contributed by atoms with Gasteiger partial charge in [0.15, 0.2) is 0 Å². The van der Waals surface area contributed by atoms with Crippen LogP contribution in [0.2, 0.25) is 5.02 Å². The summed E-state index contributed by atoms with van der Waals surface area (Å²) in [6, 6.07) is 12.2. The van der Waals surface area contributed by atoms with Crippen molar-refractivity contribution in [3.63, 3.8) is 0 Å². The van der Waals surface area contributed by atoms with Crippen LogP contribution in [0, 0.1) is 22.2 Å². The minimum Gasteiger partial charge on any atom is -0.494 e. The Hall–Kier alpha value is -4.56. The largest absolute Gasteiger partial charge is 0.494 e. The van der Waals surface area contributed by atoms with Gasteiger partial charge < -0.3 is 25.0 Å². The quantitative estimate of drug-likeness (QED) is 0.262. The van der Waals surface area contributed by atoms with Crippen molar-refractivity contribution in [2.75, 3.05) is 6.61 Å². The van der Waals surface area contributed by atoms with Crippen LogP contribution in [-0.2, 0) is 6.54 Å². The van der Waals surface area contributed by atoms with E-state index in [1.165, 1.54) is 18.2 Å². The molecule has 220 valence electrons. The number of benzene rings is 2. The van der Waals surface area contributed by atoms with Crippen molar-refractivity contribution < 1.29 is 34.1 Å². The molecule has 1 aromatic heterocycles. The molecular weight excluding hydrogens is 564 g/mol. The maximum atomic E-state index is 13.1. The monoisotopic (exact) mass is 594 g/mol. The van der Waals surface area contributed by atoms with Crippen LogP contribution in [0.3, 0.4) is 0 Å². The Kier molecular flexibility index (Phi) is 8.50. The van der Waals surface area contributed by atoms with E-state index in [2.05, 4.69) is 10.4 Å². The molecule has 1 fully saturated rings. The molecule has 1 heterocycles. The number of halogens is 1. The molecule has 1 saturated carbocycles. The van der Waals surface area contributed by atoms with Gasteiger partial charge in [-0.25, -0.2) is 9.59 Å². The van der Waals surface area contributed by atoms with Crippen molar-refractivity contribution in [1.29, 1.82) is 5.26 Å². The van der Waals surface area contributed by atoms with Gasteiger partial charge in [0.05, 0.1) is 28.3 Å². The van der Waals surface area contributed by atoms with Gasteiger partial charge in [-0.2, -0.15) is 10.4 Å². The number of carboxylic acid groups (broad SMARTS) is 2. The number of hydrogen-bond acceptors (Lipinski definition) is 7. The molecule has 2 aromatic carbocycles. The highest BCUT2D eigenvalue weighted by Gasteiger charge is 2.64. The lowest BCUT2D eigenvalue weighted by molar-refractivity contribution is -0.164. The minimum atomic E-state index is -1.35. The molecule has 0 spiro atoms. The molecular formula is C30H31ClN4O7. The van der Waals surface area contributed by atoms with Crippen molar-refractivity contribution >= 4 is 29.4 Å². The molecule has 3 N–H and O–H groups in total. The second kappa shape index (κ2) is 11.7. The zero-order valence-corrected chi connectivity index (χ0v) is 24.3. The fraction of sp³-hybridized carbons (Fsp3) is 0.367. The lowest BCUT2D eigenvalue weighted by Crippen LogP contribution is -2.74. The maximum absolute atomic E-state index is 13.1. The number of aromatic nitrogens is 2. The molecule has 4 rings (SSSR count). The first kappa shape index (κ1) is 30.4. The van der Waals surface area contributed by atoms with E-state index >= 15 is 0 Å². The van der Waals surface area contributed by atoms with Crippen LogP contribution < -0.4 is 14.8 Å². The number of hydrogen-bond donors (Lipinski definition) is 3. The molecule has 0 unspecified atom stereocenters. The van der Waals surface area contributed by atoms with Gasteiger partial charge in [0.1, 0.15) is 29.4 Å². The predicted molar refractivity (Wildman–Crippen MR) is 152 cm³/mol. The number of carbonyl (C=O) groups excluding carboxylic acids is 1. The van der Waals surface area contributed by atoms with Crippen molar-refractivity contribution in [3.05, 3.63) is 76.1 Å². The van der Waals surface area contributed by atoms with E-state index in [0.717, 1.165) is 0 Å². The summed E-state index contributed by atoms with van der Waals surface area (Å²) in [6.45, 7) is 8.75. The number of nitrogens with one attached hydrogen (secondary N) is 1. The molecule has 3 aromatic rings. The number of nitriles is 1. The van der Waals surface area contributed by atoms with Crippen LogP contribution >= 0.6 is 11.6 Å². The second-order valence-electron chi connectivity index (χ2n) is 11.3. The highest BCUT2D eigenvalue weighted by Crippen LogP contribution is 2.55. The van der Waals surface area contributed by atoms with Gasteiger partial charge in [-0.15, -0.1) is 0 Å². The van der Waals surface area contributed by atoms with Crippen LogP contribution in [-0.4, -0.2) is 56.6 Å². The normalized spacial score (nSPS) is 18.3. The van der Waals surface area contributed by atoms with Gasteiger partial charge in [-0.1, -0.05) is 39.3 Å². The molecule has 0 atom stereocenters. The smallest absolute Gasteiger partial charge is 0.336 e. The molecule has 0 aliphatic heterocycles. The Morgan fingerprint density at radius 2 is 1.69 bits per heavy atom. The first-order chi connectivity index (χ1) is 19.7. The molecule has 1 aliphatic carbocycles. The summed E-state index contributed by atoms with van der Waals surface area (Å²) in [6.07, 6.45) is 1.97. The number of aromatic carboxylic acids is 2. The molecule has 11 nitrogen and oxygen atoms in total. The van der Waals surface area contributed by atoms with Crippen molar-refractivity contribution in [2.24, 2.45) is 10.8 Å². The Morgan fingerprint density at radius 1 is 1.02 bits per heavy atom. The Bertz CT molecular complexity index is 1560. The van der Waals surface area contributed by atoms with Gasteiger partial charge in [-0.3, -0.25) is 9.48 Å². The maximum Gasteiger partial charge on any atom is 0.336 e. The number of aryl methyl sites for hydroxylation is 1. The molecule has 12 heteroatoms. The van der Waals surface area contributed by atoms with Gasteiger partial charge in [0.2, 0.25) is 0 Å². The summed E-state index contributed by atoms with van der Waals surface area (Å²) >= 11 is 6.17. The number of nitrogens with zero attached hydrogens (tertiary/aromatic N) is 3. The average molecular weight is 595 g/mol. The van der Waals surface area contributed by atoms with Crippen molar-refractivity contribution in [2.45, 2.75) is 52.8 Å². The van der Waals surface area contributed by atoms with Crippen LogP contribution in [0.1, 0.15) is 70.9 Å². The standard InChI is InChI=1S/C30H31ClN4O7/c1-29(2)27(30(3,4)28(29)42-19-7-6-17(16-32)22(31)15-19)33-24(36)23-10-12-35(34-23)11-5-13-41-18-8-9-20(25(37)38)21(14-18)26(39)40/h6-10,12,14-15,27-28H,5,11,13H2,1-4H3,(H,33,36)(H,37,38)(H,39,40)/t27-,28-. The van der Waals surface area contributed by atoms with Gasteiger partial charge in [0, 0.05) is 42.1 Å². The third-order valence-corrected chi connectivity index (χ3v) is 7.87. The summed E-state index contributed by atoms with van der Waals surface area (Å²) in [7, 11) is 0. The Balaban J connectivity index is 1.31. The highest BCUT2D eigenvalue weighted by molar-refractivity contribution is 6.31. The van der Waals surface area contributed by atoms with E-state index in [-0.39, 0.29) is 47.2 Å². The van der Waals surface area contributed by atoms with Crippen LogP contribution in [0.4, 0.5) is 0 Å². The fourth-order valence-electron chi connectivity index (χ4n) is 5.80. The zero-order valence-electron chi connectivity index (χ0n) is 23.6. The lowest BCUT2D eigenvalue weighted by Gasteiger charge is -2.63. The van der Waals surface area contributed by atoms with Gasteiger partial charge in [0.25, 0.3) is 5.91 Å². The molecule has 0 radical (unpaired) electrons. The summed E-state index contributed by atoms with van der Waals surface area (Å²) in [5.41, 5.74) is -0.858. The van der Waals surface area contributed by atoms with Gasteiger partial charge in [-0.05, 0) is 36.4 Å². The molecule has 1 aliphatic rings. The Labute approximate surface area is 247 Å². The number of rotatable bonds is 11. The minimum absolute atomic E-state index is 0.210. The van der Waals surface area contributed by atoms with E-state index in [1.54, 1.807) is 35.1 Å². The number of carbonyl (C=O) groups is 3. The SMILES string of the molecule is CC1(C)[C@H](NC(=O)c2ccn(CCCOc3ccc(C(=O)O)c(C(=O)O)c3)n2)C(C)(C)[C@H]1Oc1ccc(C#N)c(Cl)c1. The summed E-state index contributed by atoms with van der Waals surface area (Å²) < 4.78 is 13.5. The second-order valence-corrected chi connectivity index (χ2v) is 11.7. The van der Waals surface area contributed by atoms with Crippen molar-refractivity contribution in [1.82, 2.24) is 15.1 Å². The summed E-state index contributed by atoms with van der Waals surface area (Å²) in [4.78, 5) is 35.7. The van der Waals surface area contributed by atoms with E-state index in [9.17, 15) is 19.5 Å². The number of amides is 1. The van der Waals surface area contributed by atoms with Crippen LogP contribution in [0.25, 0.3) is 0 Å². The van der Waals surface area contributed by atoms with E-state index in [4.69, 9.17) is 31.4 Å². The predicted octanol–water partition coefficient (Wildman–Crippen LogP) is 4.89. The Morgan fingerprint density at radius 3 is 2.31 bits per heavy atom. The van der Waals surface area contributed by atoms with E-state index in [1.807, 2.05) is 33.8 Å². The zero-order chi connectivity index (χ0) is 30.8. The van der Waals surface area contributed by atoms with E-state index in [0.29, 0.717) is 29.3 Å². The fourth-order valence-corrected chi connectivity index (χ4v) is 6.01. The first-order valence-electron chi connectivity index (χ1n) is 13.2. The van der Waals surface area contributed by atoms with Gasteiger partial charge >= 0.3 is 11.9 Å². The summed E-state index contributed by atoms with van der Waals surface area (Å²) in [5.74, 6) is -2.20. The third kappa shape index (κ3) is 6.04. The molecule has 0 bridgehead atoms. The highest BCUT2D eigenvalue weighted by atomic mass is 35.5. The van der Waals surface area contributed by atoms with E-state index < -0.39 is 22.8 Å². The number of carboxylic acids is 2. The van der Waals surface area contributed by atoms with Crippen LogP contribution in [0.15, 0.2) is 48.7 Å². The number of ether oxygens (including phenoxy) is 2. The van der Waals surface area contributed by atoms with Crippen molar-refractivity contribution in [3.8, 4) is 17.6 Å². The first-order valence-corrected chi connectivity index (χ1v) is 13.6. The molecule has 42 heavy (non-hydrogen) atoms. The lowest BCUT2D eigenvalue weighted by atomic mass is 9.49. The average Bonchev–Trinajstić information content (AvgIpc) is 3.41. The topological polar surface area (TPSA) is 164 Å². The molecule has 1 amide bonds.